The lowest BCUT2D eigenvalue weighted by atomic mass is 9.97. The highest BCUT2D eigenvalue weighted by Gasteiger charge is 2.18. The van der Waals surface area contributed by atoms with E-state index in [1.54, 1.807) is 0 Å². The van der Waals surface area contributed by atoms with Crippen LogP contribution in [0.4, 0.5) is 0 Å². The Kier molecular flexibility index (Phi) is 23.6. The van der Waals surface area contributed by atoms with E-state index in [9.17, 15) is 10.2 Å². The zero-order valence-corrected chi connectivity index (χ0v) is 22.6. The molecule has 0 saturated carbocycles. The van der Waals surface area contributed by atoms with Crippen LogP contribution in [0.3, 0.4) is 0 Å². The predicted molar refractivity (Wildman–Crippen MR) is 142 cm³/mol. The van der Waals surface area contributed by atoms with Gasteiger partial charge >= 0.3 is 0 Å². The van der Waals surface area contributed by atoms with Gasteiger partial charge in [0.2, 0.25) is 0 Å². The summed E-state index contributed by atoms with van der Waals surface area (Å²) in [5.41, 5.74) is 0. The van der Waals surface area contributed by atoms with Crippen molar-refractivity contribution in [1.82, 2.24) is 0 Å². The molecule has 0 aliphatic rings. The Balaban J connectivity index is 3.89. The number of rotatable bonds is 24. The molecule has 2 N–H and O–H groups in total. The Morgan fingerprint density at radius 3 is 1.06 bits per heavy atom. The summed E-state index contributed by atoms with van der Waals surface area (Å²) in [5.74, 6) is 2.88. The minimum absolute atomic E-state index is 0.213. The van der Waals surface area contributed by atoms with Gasteiger partial charge in [-0.05, 0) is 50.0 Å². The van der Waals surface area contributed by atoms with E-state index in [4.69, 9.17) is 0 Å². The van der Waals surface area contributed by atoms with Crippen LogP contribution in [0.2, 0.25) is 0 Å². The van der Waals surface area contributed by atoms with Crippen molar-refractivity contribution in [3.63, 3.8) is 0 Å². The molecule has 0 aliphatic heterocycles. The van der Waals surface area contributed by atoms with Gasteiger partial charge in [0.05, 0.1) is 12.2 Å². The molecule has 2 nitrogen and oxygen atoms in total. The number of hydrogen-bond donors (Lipinski definition) is 2. The van der Waals surface area contributed by atoms with Crippen molar-refractivity contribution in [1.29, 1.82) is 0 Å². The fourth-order valence-corrected chi connectivity index (χ4v) is 6.01. The van der Waals surface area contributed by atoms with Gasteiger partial charge in [-0.2, -0.15) is 11.8 Å². The third-order valence-corrected chi connectivity index (χ3v) is 8.21. The number of thioether (sulfide) groups is 1. The zero-order chi connectivity index (χ0) is 23.2. The standard InChI is InChI=1S/C28H58O2S/c1-5-7-9-11-13-15-17-19-21-27(25(3)29)23-31-24-28(26(4)30)22-20-18-16-14-12-10-8-6-2/h25-30H,5-24H2,1-4H3. The first-order chi connectivity index (χ1) is 15.0. The van der Waals surface area contributed by atoms with Crippen LogP contribution in [-0.2, 0) is 0 Å². The van der Waals surface area contributed by atoms with Crippen LogP contribution < -0.4 is 0 Å². The highest BCUT2D eigenvalue weighted by Crippen LogP contribution is 2.25. The second kappa shape index (κ2) is 23.4. The van der Waals surface area contributed by atoms with Crippen molar-refractivity contribution in [3.8, 4) is 0 Å². The third kappa shape index (κ3) is 20.6. The minimum Gasteiger partial charge on any atom is -0.393 e. The highest BCUT2D eigenvalue weighted by atomic mass is 32.2. The first-order valence-electron chi connectivity index (χ1n) is 14.0. The molecule has 0 heterocycles. The molecular formula is C28H58O2S. The van der Waals surface area contributed by atoms with Gasteiger partial charge in [0.25, 0.3) is 0 Å². The maximum absolute atomic E-state index is 10.2. The van der Waals surface area contributed by atoms with Gasteiger partial charge in [0.15, 0.2) is 0 Å². The predicted octanol–water partition coefficient (Wildman–Crippen LogP) is 8.78. The molecule has 188 valence electrons. The van der Waals surface area contributed by atoms with E-state index in [0.717, 1.165) is 24.3 Å². The largest absolute Gasteiger partial charge is 0.393 e. The van der Waals surface area contributed by atoms with Gasteiger partial charge < -0.3 is 10.2 Å². The first-order valence-corrected chi connectivity index (χ1v) is 15.1. The number of aliphatic hydroxyl groups is 2. The van der Waals surface area contributed by atoms with Crippen LogP contribution in [0.5, 0.6) is 0 Å². The molecule has 0 fully saturated rings. The maximum atomic E-state index is 10.2. The Bertz CT molecular complexity index is 314. The summed E-state index contributed by atoms with van der Waals surface area (Å²) < 4.78 is 0. The summed E-state index contributed by atoms with van der Waals surface area (Å²) in [6.45, 7) is 8.47. The topological polar surface area (TPSA) is 40.5 Å². The Morgan fingerprint density at radius 1 is 0.484 bits per heavy atom. The van der Waals surface area contributed by atoms with E-state index in [2.05, 4.69) is 13.8 Å². The Morgan fingerprint density at radius 2 is 0.774 bits per heavy atom. The monoisotopic (exact) mass is 458 g/mol. The van der Waals surface area contributed by atoms with Gasteiger partial charge in [-0.15, -0.1) is 0 Å². The van der Waals surface area contributed by atoms with E-state index in [-0.39, 0.29) is 12.2 Å². The summed E-state index contributed by atoms with van der Waals surface area (Å²) >= 11 is 1.96. The van der Waals surface area contributed by atoms with Crippen LogP contribution in [0.1, 0.15) is 143 Å². The maximum Gasteiger partial charge on any atom is 0.0548 e. The molecule has 31 heavy (non-hydrogen) atoms. The lowest BCUT2D eigenvalue weighted by Gasteiger charge is -2.23. The average molecular weight is 459 g/mol. The molecule has 0 saturated heterocycles. The fraction of sp³-hybridized carbons (Fsp3) is 1.00. The average Bonchev–Trinajstić information content (AvgIpc) is 2.74. The number of aliphatic hydroxyl groups excluding tert-OH is 2. The molecule has 4 unspecified atom stereocenters. The second-order valence-electron chi connectivity index (χ2n) is 10.1. The second-order valence-corrected chi connectivity index (χ2v) is 11.1. The van der Waals surface area contributed by atoms with Crippen molar-refractivity contribution in [2.45, 2.75) is 155 Å². The van der Waals surface area contributed by atoms with Gasteiger partial charge in [0.1, 0.15) is 0 Å². The number of unbranched alkanes of at least 4 members (excludes halogenated alkanes) is 14. The number of hydrogen-bond acceptors (Lipinski definition) is 3. The Labute approximate surface area is 200 Å². The SMILES string of the molecule is CCCCCCCCCCC(CSCC(CCCCCCCCCC)C(C)O)C(C)O. The molecule has 0 bridgehead atoms. The molecular weight excluding hydrogens is 400 g/mol. The lowest BCUT2D eigenvalue weighted by Crippen LogP contribution is -2.23. The van der Waals surface area contributed by atoms with Crippen molar-refractivity contribution < 1.29 is 10.2 Å². The zero-order valence-electron chi connectivity index (χ0n) is 21.8. The van der Waals surface area contributed by atoms with E-state index in [1.165, 1.54) is 103 Å². The quantitative estimate of drug-likeness (QED) is 0.142. The van der Waals surface area contributed by atoms with E-state index in [1.807, 2.05) is 25.6 Å². The molecule has 0 rings (SSSR count). The van der Waals surface area contributed by atoms with E-state index >= 15 is 0 Å². The third-order valence-electron chi connectivity index (χ3n) is 6.89. The van der Waals surface area contributed by atoms with Gasteiger partial charge in [-0.1, -0.05) is 117 Å². The Hall–Kier alpha value is 0.270. The van der Waals surface area contributed by atoms with Crippen molar-refractivity contribution >= 4 is 11.8 Å². The van der Waals surface area contributed by atoms with Crippen LogP contribution in [0.15, 0.2) is 0 Å². The summed E-state index contributed by atoms with van der Waals surface area (Å²) in [6, 6.07) is 0. The molecule has 0 amide bonds. The van der Waals surface area contributed by atoms with Gasteiger partial charge in [-0.3, -0.25) is 0 Å². The van der Waals surface area contributed by atoms with Crippen molar-refractivity contribution in [2.75, 3.05) is 11.5 Å². The molecule has 0 radical (unpaired) electrons. The molecule has 3 heteroatoms. The highest BCUT2D eigenvalue weighted by molar-refractivity contribution is 7.99. The minimum atomic E-state index is -0.213. The van der Waals surface area contributed by atoms with E-state index in [0.29, 0.717) is 11.8 Å². The summed E-state index contributed by atoms with van der Waals surface area (Å²) in [5, 5.41) is 20.4. The molecule has 4 atom stereocenters. The van der Waals surface area contributed by atoms with Gasteiger partial charge in [-0.25, -0.2) is 0 Å². The summed E-state index contributed by atoms with van der Waals surface area (Å²) in [4.78, 5) is 0. The molecule has 0 aromatic carbocycles. The normalized spacial score (nSPS) is 15.7. The smallest absolute Gasteiger partial charge is 0.0548 e. The van der Waals surface area contributed by atoms with E-state index < -0.39 is 0 Å². The molecule has 0 aromatic heterocycles. The summed E-state index contributed by atoms with van der Waals surface area (Å²) in [6.07, 6.45) is 23.5. The van der Waals surface area contributed by atoms with Crippen molar-refractivity contribution in [3.05, 3.63) is 0 Å². The first kappa shape index (κ1) is 31.3. The van der Waals surface area contributed by atoms with Gasteiger partial charge in [0, 0.05) is 0 Å². The molecule has 0 aromatic rings. The summed E-state index contributed by atoms with van der Waals surface area (Å²) in [7, 11) is 0. The molecule has 0 aliphatic carbocycles. The van der Waals surface area contributed by atoms with Crippen LogP contribution in [0, 0.1) is 11.8 Å². The van der Waals surface area contributed by atoms with Crippen LogP contribution in [-0.4, -0.2) is 33.9 Å². The fourth-order valence-electron chi connectivity index (χ4n) is 4.38. The van der Waals surface area contributed by atoms with Crippen LogP contribution in [0.25, 0.3) is 0 Å². The lowest BCUT2D eigenvalue weighted by molar-refractivity contribution is 0.128. The van der Waals surface area contributed by atoms with Crippen LogP contribution >= 0.6 is 11.8 Å². The molecule has 0 spiro atoms. The van der Waals surface area contributed by atoms with Crippen molar-refractivity contribution in [2.24, 2.45) is 11.8 Å².